The Bertz CT molecular complexity index is 796. The molecule has 1 unspecified atom stereocenters. The summed E-state index contributed by atoms with van der Waals surface area (Å²) in [5, 5.41) is 3.55. The predicted molar refractivity (Wildman–Crippen MR) is 81.5 cm³/mol. The van der Waals surface area contributed by atoms with Gasteiger partial charge in [-0.15, -0.1) is 0 Å². The predicted octanol–water partition coefficient (Wildman–Crippen LogP) is 1.60. The molecule has 1 saturated heterocycles. The zero-order valence-corrected chi connectivity index (χ0v) is 12.2. The van der Waals surface area contributed by atoms with Gasteiger partial charge in [-0.05, 0) is 31.2 Å². The number of hydrogen-bond acceptors (Lipinski definition) is 4. The molecule has 1 atom stereocenters. The highest BCUT2D eigenvalue weighted by molar-refractivity contribution is 5.98. The summed E-state index contributed by atoms with van der Waals surface area (Å²) in [5.74, 6) is -0.471. The van der Waals surface area contributed by atoms with Crippen molar-refractivity contribution in [3.63, 3.8) is 0 Å². The minimum atomic E-state index is -0.409. The van der Waals surface area contributed by atoms with Crippen molar-refractivity contribution in [3.05, 3.63) is 40.8 Å². The van der Waals surface area contributed by atoms with Gasteiger partial charge in [0.25, 0.3) is 0 Å². The molecule has 0 bridgehead atoms. The van der Waals surface area contributed by atoms with E-state index in [1.165, 1.54) is 6.07 Å². The first-order valence-corrected chi connectivity index (χ1v) is 7.19. The smallest absolute Gasteiger partial charge is 0.336 e. The van der Waals surface area contributed by atoms with E-state index in [1.54, 1.807) is 29.2 Å². The summed E-state index contributed by atoms with van der Waals surface area (Å²) < 4.78 is 5.04. The lowest BCUT2D eigenvalue weighted by Crippen LogP contribution is -2.28. The van der Waals surface area contributed by atoms with Crippen LogP contribution in [-0.2, 0) is 9.59 Å². The van der Waals surface area contributed by atoms with Crippen LogP contribution in [0.15, 0.2) is 39.5 Å². The molecule has 2 heterocycles. The Labute approximate surface area is 126 Å². The van der Waals surface area contributed by atoms with Crippen LogP contribution in [0.4, 0.5) is 5.69 Å². The first-order chi connectivity index (χ1) is 10.6. The van der Waals surface area contributed by atoms with E-state index in [1.807, 2.05) is 6.92 Å². The maximum Gasteiger partial charge on any atom is 0.336 e. The second-order valence-electron chi connectivity index (χ2n) is 5.33. The van der Waals surface area contributed by atoms with Crippen molar-refractivity contribution in [1.29, 1.82) is 0 Å². The topological polar surface area (TPSA) is 79.6 Å². The van der Waals surface area contributed by atoms with Gasteiger partial charge in [0, 0.05) is 36.7 Å². The Morgan fingerprint density at radius 1 is 1.32 bits per heavy atom. The van der Waals surface area contributed by atoms with Gasteiger partial charge >= 0.3 is 5.63 Å². The Morgan fingerprint density at radius 2 is 2.14 bits per heavy atom. The van der Waals surface area contributed by atoms with Gasteiger partial charge < -0.3 is 14.6 Å². The molecule has 1 fully saturated rings. The van der Waals surface area contributed by atoms with Gasteiger partial charge in [0.1, 0.15) is 5.58 Å². The lowest BCUT2D eigenvalue weighted by Gasteiger charge is -2.13. The quantitative estimate of drug-likeness (QED) is 0.873. The zero-order chi connectivity index (χ0) is 15.7. The van der Waals surface area contributed by atoms with E-state index in [9.17, 15) is 14.4 Å². The third-order valence-electron chi connectivity index (χ3n) is 3.85. The highest BCUT2D eigenvalue weighted by atomic mass is 16.4. The fourth-order valence-corrected chi connectivity index (χ4v) is 2.65. The normalized spacial score (nSPS) is 18.0. The summed E-state index contributed by atoms with van der Waals surface area (Å²) in [4.78, 5) is 36.7. The maximum absolute atomic E-state index is 12.2. The van der Waals surface area contributed by atoms with E-state index in [0.717, 1.165) is 5.39 Å². The number of nitrogens with zero attached hydrogens (tertiary/aromatic N) is 1. The van der Waals surface area contributed by atoms with Gasteiger partial charge in [-0.2, -0.15) is 0 Å². The zero-order valence-electron chi connectivity index (χ0n) is 12.2. The molecule has 2 aromatic rings. The van der Waals surface area contributed by atoms with Crippen molar-refractivity contribution in [1.82, 2.24) is 4.90 Å². The van der Waals surface area contributed by atoms with Crippen molar-refractivity contribution in [2.75, 3.05) is 18.4 Å². The summed E-state index contributed by atoms with van der Waals surface area (Å²) in [6.45, 7) is 2.98. The molecular weight excluding hydrogens is 284 g/mol. The van der Waals surface area contributed by atoms with E-state index in [4.69, 9.17) is 4.42 Å². The number of carbonyl (C=O) groups is 2. The molecule has 0 radical (unpaired) electrons. The average molecular weight is 300 g/mol. The third-order valence-corrected chi connectivity index (χ3v) is 3.85. The van der Waals surface area contributed by atoms with Crippen molar-refractivity contribution < 1.29 is 14.0 Å². The highest BCUT2D eigenvalue weighted by Gasteiger charge is 2.33. The molecule has 6 nitrogen and oxygen atoms in total. The molecule has 114 valence electrons. The third kappa shape index (κ3) is 2.72. The highest BCUT2D eigenvalue weighted by Crippen LogP contribution is 2.21. The number of likely N-dealkylation sites (tertiary alicyclic amines) is 1. The molecule has 3 rings (SSSR count). The summed E-state index contributed by atoms with van der Waals surface area (Å²) in [6, 6.07) is 8.05. The van der Waals surface area contributed by atoms with Crippen LogP contribution < -0.4 is 10.9 Å². The first-order valence-electron chi connectivity index (χ1n) is 7.19. The van der Waals surface area contributed by atoms with Crippen molar-refractivity contribution in [2.45, 2.75) is 13.3 Å². The van der Waals surface area contributed by atoms with E-state index in [-0.39, 0.29) is 24.2 Å². The molecule has 1 aliphatic heterocycles. The molecular formula is C16H16N2O4. The summed E-state index contributed by atoms with van der Waals surface area (Å²) >= 11 is 0. The number of carbonyl (C=O) groups excluding carboxylic acids is 2. The van der Waals surface area contributed by atoms with Crippen LogP contribution in [-0.4, -0.2) is 29.8 Å². The number of fused-ring (bicyclic) bond motifs is 1. The van der Waals surface area contributed by atoms with Crippen molar-refractivity contribution in [2.24, 2.45) is 5.92 Å². The minimum absolute atomic E-state index is 0.0166. The molecule has 1 N–H and O–H groups in total. The second-order valence-corrected chi connectivity index (χ2v) is 5.33. The summed E-state index contributed by atoms with van der Waals surface area (Å²) in [6.07, 6.45) is 0.252. The monoisotopic (exact) mass is 300 g/mol. The van der Waals surface area contributed by atoms with Gasteiger partial charge in [0.05, 0.1) is 5.92 Å². The number of hydrogen-bond donors (Lipinski definition) is 1. The molecule has 0 aliphatic carbocycles. The Hall–Kier alpha value is -2.63. The average Bonchev–Trinajstić information content (AvgIpc) is 2.88. The fraction of sp³-hybridized carbons (Fsp3) is 0.312. The number of amides is 2. The van der Waals surface area contributed by atoms with E-state index >= 15 is 0 Å². The largest absolute Gasteiger partial charge is 0.423 e. The molecule has 0 spiro atoms. The first kappa shape index (κ1) is 14.3. The standard InChI is InChI=1S/C16H16N2O4/c1-2-18-9-11(8-14(18)19)16(21)17-12-4-5-13-10(7-12)3-6-15(20)22-13/h3-7,11H,2,8-9H2,1H3,(H,17,21). The Morgan fingerprint density at radius 3 is 2.86 bits per heavy atom. The molecule has 1 aromatic carbocycles. The van der Waals surface area contributed by atoms with Crippen LogP contribution in [0.25, 0.3) is 11.0 Å². The second kappa shape index (κ2) is 5.63. The van der Waals surface area contributed by atoms with Crippen LogP contribution in [0, 0.1) is 5.92 Å². The molecule has 22 heavy (non-hydrogen) atoms. The number of benzene rings is 1. The Balaban J connectivity index is 1.76. The van der Waals surface area contributed by atoms with Gasteiger partial charge in [-0.25, -0.2) is 4.79 Å². The molecule has 1 aromatic heterocycles. The molecule has 2 amide bonds. The SMILES string of the molecule is CCN1CC(C(=O)Nc2ccc3oc(=O)ccc3c2)CC1=O. The minimum Gasteiger partial charge on any atom is -0.423 e. The van der Waals surface area contributed by atoms with E-state index in [2.05, 4.69) is 5.32 Å². The van der Waals surface area contributed by atoms with Gasteiger partial charge in [0.15, 0.2) is 0 Å². The molecule has 0 saturated carbocycles. The van der Waals surface area contributed by atoms with Crippen LogP contribution in [0.5, 0.6) is 0 Å². The van der Waals surface area contributed by atoms with Crippen LogP contribution in [0.2, 0.25) is 0 Å². The van der Waals surface area contributed by atoms with Crippen LogP contribution in [0.3, 0.4) is 0 Å². The Kier molecular flexibility index (Phi) is 3.66. The van der Waals surface area contributed by atoms with Gasteiger partial charge in [-0.3, -0.25) is 9.59 Å². The lowest BCUT2D eigenvalue weighted by atomic mass is 10.1. The number of rotatable bonds is 3. The summed E-state index contributed by atoms with van der Waals surface area (Å²) in [7, 11) is 0. The van der Waals surface area contributed by atoms with E-state index in [0.29, 0.717) is 24.4 Å². The van der Waals surface area contributed by atoms with Crippen LogP contribution in [0.1, 0.15) is 13.3 Å². The van der Waals surface area contributed by atoms with Gasteiger partial charge in [-0.1, -0.05) is 0 Å². The number of anilines is 1. The molecule has 1 aliphatic rings. The van der Waals surface area contributed by atoms with Gasteiger partial charge in [0.2, 0.25) is 11.8 Å². The maximum atomic E-state index is 12.2. The van der Waals surface area contributed by atoms with Crippen molar-refractivity contribution in [3.8, 4) is 0 Å². The number of nitrogens with one attached hydrogen (secondary N) is 1. The molecule has 6 heteroatoms. The van der Waals surface area contributed by atoms with Crippen LogP contribution >= 0.6 is 0 Å². The summed E-state index contributed by atoms with van der Waals surface area (Å²) in [5.41, 5.74) is 0.681. The van der Waals surface area contributed by atoms with Crippen molar-refractivity contribution >= 4 is 28.5 Å². The fourth-order valence-electron chi connectivity index (χ4n) is 2.65. The lowest BCUT2D eigenvalue weighted by molar-refractivity contribution is -0.128. The van der Waals surface area contributed by atoms with E-state index < -0.39 is 5.63 Å².